The van der Waals surface area contributed by atoms with Crippen LogP contribution in [0.4, 0.5) is 8.78 Å². The highest BCUT2D eigenvalue weighted by atomic mass is 19.3. The van der Waals surface area contributed by atoms with E-state index in [4.69, 9.17) is 9.47 Å². The highest BCUT2D eigenvalue weighted by Gasteiger charge is 2.11. The number of alkyl halides is 2. The summed E-state index contributed by atoms with van der Waals surface area (Å²) >= 11 is 0. The molecule has 0 amide bonds. The van der Waals surface area contributed by atoms with E-state index in [9.17, 15) is 18.4 Å². The molecule has 9 heteroatoms. The topological polar surface area (TPSA) is 90.5 Å². The van der Waals surface area contributed by atoms with Crippen LogP contribution in [0, 0.1) is 0 Å². The average Bonchev–Trinajstić information content (AvgIpc) is 2.71. The number of esters is 1. The molecular weight excluding hydrogens is 386 g/mol. The number of benzene rings is 2. The maximum atomic E-state index is 12.3. The molecule has 0 atom stereocenters. The molecule has 3 rings (SSSR count). The fourth-order valence-corrected chi connectivity index (χ4v) is 2.54. The molecule has 29 heavy (non-hydrogen) atoms. The lowest BCUT2D eigenvalue weighted by Crippen LogP contribution is -2.13. The average molecular weight is 402 g/mol. The summed E-state index contributed by atoms with van der Waals surface area (Å²) in [7, 11) is 1.31. The van der Waals surface area contributed by atoms with E-state index in [0.29, 0.717) is 16.5 Å². The first-order chi connectivity index (χ1) is 14.0. The second kappa shape index (κ2) is 8.96. The first-order valence-electron chi connectivity index (χ1n) is 8.42. The van der Waals surface area contributed by atoms with Gasteiger partial charge in [0.2, 0.25) is 0 Å². The van der Waals surface area contributed by atoms with Crippen LogP contribution in [0.5, 0.6) is 11.5 Å². The van der Waals surface area contributed by atoms with Gasteiger partial charge in [0.15, 0.2) is 11.5 Å². The van der Waals surface area contributed by atoms with Crippen LogP contribution in [0.3, 0.4) is 0 Å². The number of ether oxygens (including phenoxy) is 3. The lowest BCUT2D eigenvalue weighted by Gasteiger charge is -2.10. The number of carbonyl (C=O) groups is 1. The monoisotopic (exact) mass is 402 g/mol. The van der Waals surface area contributed by atoms with Crippen molar-refractivity contribution in [1.29, 1.82) is 0 Å². The van der Waals surface area contributed by atoms with E-state index in [1.807, 2.05) is 0 Å². The third kappa shape index (κ3) is 5.16. The Bertz CT molecular complexity index is 1110. The lowest BCUT2D eigenvalue weighted by atomic mass is 10.2. The summed E-state index contributed by atoms with van der Waals surface area (Å²) in [5.74, 6) is -0.481. The molecule has 1 aromatic heterocycles. The standard InChI is InChI=1S/C20H16F2N2O5/c1-27-16-10-12(6-8-15(16)29-20(21)22)7-9-18(25)28-11-17-23-14-5-3-2-4-13(14)19(26)24-17/h2-10,20H,11H2,1H3,(H,23,24,26)/b9-7+. The third-order valence-electron chi connectivity index (χ3n) is 3.83. The van der Waals surface area contributed by atoms with Gasteiger partial charge in [0.25, 0.3) is 5.56 Å². The van der Waals surface area contributed by atoms with E-state index in [1.54, 1.807) is 24.3 Å². The minimum absolute atomic E-state index is 0.0961. The van der Waals surface area contributed by atoms with Gasteiger partial charge in [0.1, 0.15) is 12.4 Å². The Hall–Kier alpha value is -3.75. The maximum Gasteiger partial charge on any atom is 0.387 e. The van der Waals surface area contributed by atoms with Crippen molar-refractivity contribution in [2.24, 2.45) is 0 Å². The number of aromatic nitrogens is 2. The number of H-pyrrole nitrogens is 1. The number of aromatic amines is 1. The van der Waals surface area contributed by atoms with Gasteiger partial charge in [-0.15, -0.1) is 0 Å². The van der Waals surface area contributed by atoms with Crippen LogP contribution in [0.2, 0.25) is 0 Å². The molecule has 1 heterocycles. The first-order valence-corrected chi connectivity index (χ1v) is 8.42. The van der Waals surface area contributed by atoms with Crippen molar-refractivity contribution >= 4 is 22.9 Å². The van der Waals surface area contributed by atoms with E-state index >= 15 is 0 Å². The van der Waals surface area contributed by atoms with Crippen LogP contribution in [0.25, 0.3) is 17.0 Å². The summed E-state index contributed by atoms with van der Waals surface area (Å²) in [6.07, 6.45) is 2.58. The second-order valence-electron chi connectivity index (χ2n) is 5.76. The Morgan fingerprint density at radius 1 is 1.21 bits per heavy atom. The number of hydrogen-bond acceptors (Lipinski definition) is 6. The van der Waals surface area contributed by atoms with Crippen LogP contribution in [-0.2, 0) is 16.1 Å². The molecule has 0 aliphatic rings. The van der Waals surface area contributed by atoms with Crippen molar-refractivity contribution in [1.82, 2.24) is 9.97 Å². The Labute approximate surface area is 163 Å². The molecule has 0 unspecified atom stereocenters. The summed E-state index contributed by atoms with van der Waals surface area (Å²) in [5, 5.41) is 0.440. The van der Waals surface area contributed by atoms with E-state index in [2.05, 4.69) is 14.7 Å². The third-order valence-corrected chi connectivity index (χ3v) is 3.83. The number of methoxy groups -OCH3 is 1. The van der Waals surface area contributed by atoms with E-state index in [-0.39, 0.29) is 29.5 Å². The van der Waals surface area contributed by atoms with Gasteiger partial charge in [-0.3, -0.25) is 4.79 Å². The molecule has 7 nitrogen and oxygen atoms in total. The second-order valence-corrected chi connectivity index (χ2v) is 5.76. The van der Waals surface area contributed by atoms with Gasteiger partial charge in [-0.2, -0.15) is 8.78 Å². The van der Waals surface area contributed by atoms with Crippen molar-refractivity contribution in [3.8, 4) is 11.5 Å². The van der Waals surface area contributed by atoms with E-state index < -0.39 is 12.6 Å². The molecule has 0 bridgehead atoms. The van der Waals surface area contributed by atoms with Gasteiger partial charge in [-0.1, -0.05) is 18.2 Å². The molecule has 0 saturated heterocycles. The molecule has 0 fully saturated rings. The van der Waals surface area contributed by atoms with Crippen LogP contribution < -0.4 is 15.0 Å². The van der Waals surface area contributed by atoms with Crippen LogP contribution >= 0.6 is 0 Å². The first kappa shape index (κ1) is 20.0. The number of nitrogens with zero attached hydrogens (tertiary/aromatic N) is 1. The van der Waals surface area contributed by atoms with Crippen molar-refractivity contribution in [2.45, 2.75) is 13.2 Å². The summed E-state index contributed by atoms with van der Waals surface area (Å²) in [4.78, 5) is 30.7. The van der Waals surface area contributed by atoms with Gasteiger partial charge >= 0.3 is 12.6 Å². The van der Waals surface area contributed by atoms with Crippen molar-refractivity contribution in [2.75, 3.05) is 7.11 Å². The molecule has 0 saturated carbocycles. The molecule has 0 aliphatic heterocycles. The number of halogens is 2. The molecule has 2 aromatic carbocycles. The molecular formula is C20H16F2N2O5. The highest BCUT2D eigenvalue weighted by molar-refractivity contribution is 5.87. The number of nitrogens with one attached hydrogen (secondary N) is 1. The van der Waals surface area contributed by atoms with E-state index in [0.717, 1.165) is 6.08 Å². The van der Waals surface area contributed by atoms with Gasteiger partial charge in [0, 0.05) is 6.08 Å². The zero-order valence-corrected chi connectivity index (χ0v) is 15.2. The number of hydrogen-bond donors (Lipinski definition) is 1. The Balaban J connectivity index is 1.65. The normalized spacial score (nSPS) is 11.2. The van der Waals surface area contributed by atoms with Crippen LogP contribution in [0.1, 0.15) is 11.4 Å². The molecule has 0 radical (unpaired) electrons. The van der Waals surface area contributed by atoms with Crippen LogP contribution in [-0.4, -0.2) is 29.7 Å². The fraction of sp³-hybridized carbons (Fsp3) is 0.150. The predicted octanol–water partition coefficient (Wildman–Crippen LogP) is 3.29. The fourth-order valence-electron chi connectivity index (χ4n) is 2.54. The Morgan fingerprint density at radius 3 is 2.76 bits per heavy atom. The number of para-hydroxylation sites is 1. The van der Waals surface area contributed by atoms with Gasteiger partial charge in [-0.05, 0) is 35.9 Å². The quantitative estimate of drug-likeness (QED) is 0.482. The summed E-state index contributed by atoms with van der Waals surface area (Å²) in [6, 6.07) is 11.0. The molecule has 150 valence electrons. The van der Waals surface area contributed by atoms with Crippen molar-refractivity contribution < 1.29 is 27.8 Å². The van der Waals surface area contributed by atoms with Crippen LogP contribution in [0.15, 0.2) is 53.3 Å². The Kier molecular flexibility index (Phi) is 6.18. The van der Waals surface area contributed by atoms with Gasteiger partial charge < -0.3 is 19.2 Å². The van der Waals surface area contributed by atoms with Crippen molar-refractivity contribution in [3.63, 3.8) is 0 Å². The molecule has 1 N–H and O–H groups in total. The maximum absolute atomic E-state index is 12.3. The zero-order chi connectivity index (χ0) is 20.8. The minimum atomic E-state index is -2.98. The lowest BCUT2D eigenvalue weighted by molar-refractivity contribution is -0.139. The largest absolute Gasteiger partial charge is 0.493 e. The van der Waals surface area contributed by atoms with Gasteiger partial charge in [-0.25, -0.2) is 9.78 Å². The molecule has 0 aliphatic carbocycles. The SMILES string of the molecule is COc1cc(/C=C/C(=O)OCc2nc3ccccc3c(=O)[nH]2)ccc1OC(F)F. The predicted molar refractivity (Wildman–Crippen MR) is 101 cm³/mol. The minimum Gasteiger partial charge on any atom is -0.493 e. The summed E-state index contributed by atoms with van der Waals surface area (Å²) < 4.78 is 39.1. The molecule has 0 spiro atoms. The molecule has 3 aromatic rings. The smallest absolute Gasteiger partial charge is 0.387 e. The van der Waals surface area contributed by atoms with E-state index in [1.165, 1.54) is 31.4 Å². The number of carbonyl (C=O) groups excluding carboxylic acids is 1. The number of rotatable bonds is 7. The summed E-state index contributed by atoms with van der Waals surface area (Å²) in [6.45, 7) is -3.19. The van der Waals surface area contributed by atoms with Gasteiger partial charge in [0.05, 0.1) is 18.0 Å². The van der Waals surface area contributed by atoms with Crippen molar-refractivity contribution in [3.05, 3.63) is 70.3 Å². The highest BCUT2D eigenvalue weighted by Crippen LogP contribution is 2.29. The number of fused-ring (bicyclic) bond motifs is 1. The summed E-state index contributed by atoms with van der Waals surface area (Å²) in [5.41, 5.74) is 0.684. The Morgan fingerprint density at radius 2 is 2.00 bits per heavy atom. The zero-order valence-electron chi connectivity index (χ0n) is 15.2.